The van der Waals surface area contributed by atoms with Gasteiger partial charge in [-0.25, -0.2) is 0 Å². The van der Waals surface area contributed by atoms with Crippen LogP contribution in [0.2, 0.25) is 0 Å². The Kier molecular flexibility index (Phi) is 3.00. The lowest BCUT2D eigenvalue weighted by atomic mass is 10.1. The summed E-state index contributed by atoms with van der Waals surface area (Å²) in [6.45, 7) is 4.82. The van der Waals surface area contributed by atoms with Gasteiger partial charge < -0.3 is 9.72 Å². The van der Waals surface area contributed by atoms with Gasteiger partial charge in [-0.05, 0) is 37.1 Å². The van der Waals surface area contributed by atoms with Crippen LogP contribution >= 0.6 is 0 Å². The van der Waals surface area contributed by atoms with Crippen molar-refractivity contribution in [1.82, 2.24) is 4.98 Å². The van der Waals surface area contributed by atoms with Crippen LogP contribution in [0.5, 0.6) is 5.75 Å². The Morgan fingerprint density at radius 3 is 2.53 bits per heavy atom. The molecule has 0 saturated heterocycles. The molecular formula is C17H17NO. The Hall–Kier alpha value is -2.22. The minimum atomic E-state index is 0.601. The van der Waals surface area contributed by atoms with Crippen LogP contribution in [-0.2, 0) is 6.61 Å². The minimum absolute atomic E-state index is 0.601. The van der Waals surface area contributed by atoms with E-state index in [9.17, 15) is 0 Å². The lowest BCUT2D eigenvalue weighted by molar-refractivity contribution is 0.310. The number of aromatic nitrogens is 1. The third-order valence-corrected chi connectivity index (χ3v) is 3.52. The number of aryl methyl sites for hydroxylation is 2. The number of benzene rings is 2. The van der Waals surface area contributed by atoms with Gasteiger partial charge >= 0.3 is 0 Å². The quantitative estimate of drug-likeness (QED) is 0.735. The van der Waals surface area contributed by atoms with Gasteiger partial charge in [0.2, 0.25) is 0 Å². The molecule has 0 amide bonds. The van der Waals surface area contributed by atoms with Crippen molar-refractivity contribution >= 4 is 10.9 Å². The molecule has 0 aliphatic heterocycles. The summed E-state index contributed by atoms with van der Waals surface area (Å²) in [7, 11) is 0. The van der Waals surface area contributed by atoms with Gasteiger partial charge in [0.05, 0.1) is 0 Å². The lowest BCUT2D eigenvalue weighted by Crippen LogP contribution is -1.95. The molecule has 0 radical (unpaired) electrons. The molecule has 1 N–H and O–H groups in total. The van der Waals surface area contributed by atoms with E-state index in [1.807, 2.05) is 30.3 Å². The summed E-state index contributed by atoms with van der Waals surface area (Å²) >= 11 is 0. The Morgan fingerprint density at radius 2 is 1.74 bits per heavy atom. The second kappa shape index (κ2) is 4.81. The zero-order valence-electron chi connectivity index (χ0n) is 11.2. The van der Waals surface area contributed by atoms with Crippen LogP contribution in [0.15, 0.2) is 48.5 Å². The molecule has 1 aromatic heterocycles. The van der Waals surface area contributed by atoms with Crippen molar-refractivity contribution in [3.8, 4) is 5.75 Å². The Bertz CT molecular complexity index is 698. The van der Waals surface area contributed by atoms with Crippen LogP contribution in [0, 0.1) is 13.8 Å². The van der Waals surface area contributed by atoms with Gasteiger partial charge in [-0.15, -0.1) is 0 Å². The van der Waals surface area contributed by atoms with E-state index >= 15 is 0 Å². The van der Waals surface area contributed by atoms with Gasteiger partial charge in [-0.1, -0.05) is 36.4 Å². The topological polar surface area (TPSA) is 25.0 Å². The molecule has 2 aromatic carbocycles. The molecule has 3 aromatic rings. The van der Waals surface area contributed by atoms with E-state index in [-0.39, 0.29) is 0 Å². The fraction of sp³-hybridized carbons (Fsp3) is 0.176. The number of rotatable bonds is 3. The normalized spacial score (nSPS) is 10.8. The van der Waals surface area contributed by atoms with Crippen LogP contribution in [0.25, 0.3) is 10.9 Å². The summed E-state index contributed by atoms with van der Waals surface area (Å²) < 4.78 is 5.98. The lowest BCUT2D eigenvalue weighted by Gasteiger charge is -2.08. The second-order valence-corrected chi connectivity index (χ2v) is 4.83. The van der Waals surface area contributed by atoms with Crippen LogP contribution in [0.4, 0.5) is 0 Å². The highest BCUT2D eigenvalue weighted by Crippen LogP contribution is 2.30. The van der Waals surface area contributed by atoms with E-state index < -0.39 is 0 Å². The summed E-state index contributed by atoms with van der Waals surface area (Å²) in [5.41, 5.74) is 4.79. The Balaban J connectivity index is 1.93. The maximum Gasteiger partial charge on any atom is 0.129 e. The molecule has 0 aliphatic carbocycles. The number of hydrogen-bond donors (Lipinski definition) is 1. The minimum Gasteiger partial charge on any atom is -0.488 e. The fourth-order valence-corrected chi connectivity index (χ4v) is 2.36. The first kappa shape index (κ1) is 11.8. The third-order valence-electron chi connectivity index (χ3n) is 3.52. The van der Waals surface area contributed by atoms with Gasteiger partial charge in [0.25, 0.3) is 0 Å². The van der Waals surface area contributed by atoms with Crippen molar-refractivity contribution in [2.75, 3.05) is 0 Å². The largest absolute Gasteiger partial charge is 0.488 e. The first-order chi connectivity index (χ1) is 9.25. The molecule has 3 rings (SSSR count). The van der Waals surface area contributed by atoms with Gasteiger partial charge in [-0.2, -0.15) is 0 Å². The number of hydrogen-bond acceptors (Lipinski definition) is 1. The number of fused-ring (bicyclic) bond motifs is 1. The van der Waals surface area contributed by atoms with Gasteiger partial charge in [0.1, 0.15) is 12.4 Å². The predicted molar refractivity (Wildman–Crippen MR) is 78.5 cm³/mol. The van der Waals surface area contributed by atoms with Gasteiger partial charge in [0.15, 0.2) is 0 Å². The maximum atomic E-state index is 5.98. The van der Waals surface area contributed by atoms with Crippen molar-refractivity contribution in [1.29, 1.82) is 0 Å². The van der Waals surface area contributed by atoms with Crippen molar-refractivity contribution in [2.24, 2.45) is 0 Å². The maximum absolute atomic E-state index is 5.98. The van der Waals surface area contributed by atoms with E-state index in [1.54, 1.807) is 0 Å². The molecular weight excluding hydrogens is 234 g/mol. The molecule has 0 spiro atoms. The van der Waals surface area contributed by atoms with E-state index in [0.717, 1.165) is 11.3 Å². The molecule has 1 heterocycles. The number of ether oxygens (including phenoxy) is 1. The molecule has 19 heavy (non-hydrogen) atoms. The molecule has 2 nitrogen and oxygen atoms in total. The summed E-state index contributed by atoms with van der Waals surface area (Å²) in [5.74, 6) is 0.947. The number of H-pyrrole nitrogens is 1. The van der Waals surface area contributed by atoms with E-state index in [4.69, 9.17) is 4.74 Å². The highest BCUT2D eigenvalue weighted by molar-refractivity contribution is 5.90. The Labute approximate surface area is 113 Å². The molecule has 0 saturated carbocycles. The third kappa shape index (κ3) is 2.22. The zero-order chi connectivity index (χ0) is 13.2. The van der Waals surface area contributed by atoms with E-state index in [1.165, 1.54) is 22.2 Å². The highest BCUT2D eigenvalue weighted by Gasteiger charge is 2.09. The molecule has 0 bridgehead atoms. The SMILES string of the molecule is Cc1[nH]c2cccc(OCc3ccccc3)c2c1C. The van der Waals surface area contributed by atoms with Crippen LogP contribution in [-0.4, -0.2) is 4.98 Å². The van der Waals surface area contributed by atoms with Crippen LogP contribution in [0.1, 0.15) is 16.8 Å². The summed E-state index contributed by atoms with van der Waals surface area (Å²) in [6, 6.07) is 16.4. The number of nitrogens with one attached hydrogen (secondary N) is 1. The van der Waals surface area contributed by atoms with Crippen molar-refractivity contribution in [3.63, 3.8) is 0 Å². The fourth-order valence-electron chi connectivity index (χ4n) is 2.36. The highest BCUT2D eigenvalue weighted by atomic mass is 16.5. The van der Waals surface area contributed by atoms with E-state index in [0.29, 0.717) is 6.61 Å². The average Bonchev–Trinajstić information content (AvgIpc) is 2.74. The zero-order valence-corrected chi connectivity index (χ0v) is 11.2. The molecule has 0 aliphatic rings. The second-order valence-electron chi connectivity index (χ2n) is 4.83. The Morgan fingerprint density at radius 1 is 0.947 bits per heavy atom. The molecule has 2 heteroatoms. The summed E-state index contributed by atoms with van der Waals surface area (Å²) in [5, 5.41) is 1.19. The van der Waals surface area contributed by atoms with E-state index in [2.05, 4.69) is 37.0 Å². The van der Waals surface area contributed by atoms with Crippen molar-refractivity contribution in [2.45, 2.75) is 20.5 Å². The monoisotopic (exact) mass is 251 g/mol. The van der Waals surface area contributed by atoms with Crippen molar-refractivity contribution in [3.05, 3.63) is 65.4 Å². The van der Waals surface area contributed by atoms with Gasteiger partial charge in [0, 0.05) is 16.6 Å². The summed E-state index contributed by atoms with van der Waals surface area (Å²) in [4.78, 5) is 3.39. The first-order valence-electron chi connectivity index (χ1n) is 6.50. The van der Waals surface area contributed by atoms with Crippen molar-refractivity contribution < 1.29 is 4.74 Å². The molecule has 0 unspecified atom stereocenters. The average molecular weight is 251 g/mol. The standard InChI is InChI=1S/C17H17NO/c1-12-13(2)18-15-9-6-10-16(17(12)15)19-11-14-7-4-3-5-8-14/h3-10,18H,11H2,1-2H3. The van der Waals surface area contributed by atoms with Crippen LogP contribution in [0.3, 0.4) is 0 Å². The molecule has 0 atom stereocenters. The molecule has 96 valence electrons. The smallest absolute Gasteiger partial charge is 0.129 e. The first-order valence-corrected chi connectivity index (χ1v) is 6.50. The summed E-state index contributed by atoms with van der Waals surface area (Å²) in [6.07, 6.45) is 0. The number of aromatic amines is 1. The van der Waals surface area contributed by atoms with Crippen LogP contribution < -0.4 is 4.74 Å². The predicted octanol–water partition coefficient (Wildman–Crippen LogP) is 4.36. The van der Waals surface area contributed by atoms with Gasteiger partial charge in [-0.3, -0.25) is 0 Å². The molecule has 0 fully saturated rings.